The van der Waals surface area contributed by atoms with E-state index in [1.807, 2.05) is 55.6 Å². The van der Waals surface area contributed by atoms with E-state index in [1.54, 1.807) is 50.2 Å². The molecule has 0 aliphatic heterocycles. The molecule has 0 spiro atoms. The molecular formula is C59H68N6O10. The number of rotatable bonds is 20. The van der Waals surface area contributed by atoms with Crippen molar-refractivity contribution >= 4 is 41.4 Å². The minimum absolute atomic E-state index is 0.00582. The number of anilines is 1. The number of pyridine rings is 1. The number of hydrogen-bond donors (Lipinski definition) is 5. The molecule has 394 valence electrons. The fraction of sp³-hybridized carbons (Fsp3) is 0.441. The number of carboxylic acid groups (broad SMARTS) is 1. The molecule has 10 rings (SSSR count). The van der Waals surface area contributed by atoms with E-state index in [-0.39, 0.29) is 83.7 Å². The van der Waals surface area contributed by atoms with Crippen molar-refractivity contribution in [2.24, 2.45) is 22.2 Å². The molecule has 3 aromatic carbocycles. The molecule has 0 radical (unpaired) electrons. The highest BCUT2D eigenvalue weighted by Crippen LogP contribution is 2.72. The van der Waals surface area contributed by atoms with E-state index in [2.05, 4.69) is 56.8 Å². The first-order chi connectivity index (χ1) is 35.8. The van der Waals surface area contributed by atoms with Crippen molar-refractivity contribution in [3.05, 3.63) is 131 Å². The van der Waals surface area contributed by atoms with Crippen molar-refractivity contribution in [2.75, 3.05) is 32.1 Å². The third kappa shape index (κ3) is 11.5. The number of fused-ring (bicyclic) bond motifs is 3. The Morgan fingerprint density at radius 3 is 2.09 bits per heavy atom. The molecule has 75 heavy (non-hydrogen) atoms. The zero-order valence-corrected chi connectivity index (χ0v) is 43.7. The van der Waals surface area contributed by atoms with Gasteiger partial charge >= 0.3 is 18.2 Å². The Kier molecular flexibility index (Phi) is 14.8. The molecule has 4 atom stereocenters. The molecule has 0 saturated heterocycles. The first-order valence-electron chi connectivity index (χ1n) is 26.0. The second-order valence-electron chi connectivity index (χ2n) is 22.5. The minimum Gasteiger partial charge on any atom is -0.476 e. The molecule has 5 aliphatic carbocycles. The molecular weight excluding hydrogens is 953 g/mol. The van der Waals surface area contributed by atoms with Crippen LogP contribution in [0.25, 0.3) is 22.3 Å². The summed E-state index contributed by atoms with van der Waals surface area (Å²) < 4.78 is 20.2. The van der Waals surface area contributed by atoms with Crippen LogP contribution in [0.2, 0.25) is 0 Å². The Morgan fingerprint density at radius 2 is 1.44 bits per heavy atom. The highest BCUT2D eigenvalue weighted by Gasteiger charge is 2.66. The van der Waals surface area contributed by atoms with Crippen LogP contribution in [0, 0.1) is 29.1 Å². The van der Waals surface area contributed by atoms with Gasteiger partial charge in [0.2, 0.25) is 11.8 Å². The van der Waals surface area contributed by atoms with Gasteiger partial charge in [-0.15, -0.1) is 0 Å². The Balaban J connectivity index is 0.707. The van der Waals surface area contributed by atoms with Crippen LogP contribution in [0.5, 0.6) is 0 Å². The Morgan fingerprint density at radius 1 is 0.773 bits per heavy atom. The molecule has 4 saturated carbocycles. The molecule has 2 unspecified atom stereocenters. The maximum absolute atomic E-state index is 13.1. The highest BCUT2D eigenvalue weighted by atomic mass is 16.6. The van der Waals surface area contributed by atoms with Crippen LogP contribution >= 0.6 is 0 Å². The van der Waals surface area contributed by atoms with E-state index in [0.717, 1.165) is 84.1 Å². The van der Waals surface area contributed by atoms with E-state index in [0.29, 0.717) is 23.6 Å². The molecule has 5 aliphatic rings. The number of nitrogens with zero attached hydrogens (tertiary/aromatic N) is 2. The summed E-state index contributed by atoms with van der Waals surface area (Å²) in [5, 5.41) is 21.0. The molecule has 4 amide bonds. The van der Waals surface area contributed by atoms with Crippen molar-refractivity contribution in [1.29, 1.82) is 0 Å². The van der Waals surface area contributed by atoms with Gasteiger partial charge in [0.1, 0.15) is 13.2 Å². The summed E-state index contributed by atoms with van der Waals surface area (Å²) in [6, 6.07) is 27.6. The van der Waals surface area contributed by atoms with Crippen molar-refractivity contribution < 1.29 is 48.1 Å². The van der Waals surface area contributed by atoms with Gasteiger partial charge in [0.15, 0.2) is 11.5 Å². The SMILES string of the molecule is CNC(=O)Cc1ccc(-c2ccn(CC34CC5(C)CC(C)(C3)CC(OCCNC(=O)OCc3ccc(NC(=O)[C@H](C)CC(=O)[C@H](C)NC(=O)OCC6c7ccccc7-c7ccccc76)cc3)(C5)C4)c2C)c(C(=O)O)n1. The maximum atomic E-state index is 13.1. The summed E-state index contributed by atoms with van der Waals surface area (Å²) in [6.45, 7) is 11.5. The standard InChI is InChI=1S/C59H68N6O10/c1-36(25-49(66)37(2)62-55(72)74-28-48-45-13-9-7-11-43(45)44-12-8-10-14-46(44)48)52(68)64-40-17-15-39(16-18-40)27-73-54(71)61-22-24-75-59-32-56(4)29-57(5,33-59)31-58(30-56,34-59)35-65-23-21-42(38(65)3)47-20-19-41(26-50(67)60-6)63-51(47)53(69)70/h7-21,23,36-37,48H,22,24-35H2,1-6H3,(H,60,67)(H,61,71)(H,62,72)(H,64,68)(H,69,70)/t36-,37+,56?,57?,58?,59?/m1/s1. The van der Waals surface area contributed by atoms with Crippen molar-refractivity contribution in [3.8, 4) is 22.3 Å². The van der Waals surface area contributed by atoms with Gasteiger partial charge in [0.25, 0.3) is 0 Å². The summed E-state index contributed by atoms with van der Waals surface area (Å²) in [4.78, 5) is 80.6. The molecule has 2 heterocycles. The molecule has 5 aromatic rings. The zero-order valence-electron chi connectivity index (χ0n) is 43.7. The van der Waals surface area contributed by atoms with E-state index >= 15 is 0 Å². The number of likely N-dealkylation sites (N-methyl/N-ethyl adjacent to an activating group) is 1. The van der Waals surface area contributed by atoms with Crippen molar-refractivity contribution in [1.82, 2.24) is 25.5 Å². The Bertz CT molecular complexity index is 2960. The number of aromatic carboxylic acids is 1. The first kappa shape index (κ1) is 52.5. The van der Waals surface area contributed by atoms with Crippen molar-refractivity contribution in [2.45, 2.75) is 117 Å². The number of alkyl carbamates (subject to hydrolysis) is 2. The minimum atomic E-state index is -1.15. The number of carbonyl (C=O) groups is 6. The average Bonchev–Trinajstić information content (AvgIpc) is 3.88. The predicted molar refractivity (Wildman–Crippen MR) is 282 cm³/mol. The fourth-order valence-electron chi connectivity index (χ4n) is 13.8. The van der Waals surface area contributed by atoms with Crippen LogP contribution in [-0.2, 0) is 48.2 Å². The number of carboxylic acids is 1. The van der Waals surface area contributed by atoms with Crippen LogP contribution in [0.15, 0.2) is 97.2 Å². The molecule has 4 bridgehead atoms. The lowest BCUT2D eigenvalue weighted by Gasteiger charge is -2.69. The number of carbonyl (C=O) groups excluding carboxylic acids is 5. The largest absolute Gasteiger partial charge is 0.476 e. The average molecular weight is 1020 g/mol. The lowest BCUT2D eigenvalue weighted by atomic mass is 9.39. The Hall–Kier alpha value is -7.33. The van der Waals surface area contributed by atoms with Gasteiger partial charge < -0.3 is 45.2 Å². The van der Waals surface area contributed by atoms with Gasteiger partial charge in [-0.2, -0.15) is 0 Å². The predicted octanol–water partition coefficient (Wildman–Crippen LogP) is 9.37. The molecule has 2 aromatic heterocycles. The van der Waals surface area contributed by atoms with Gasteiger partial charge in [-0.1, -0.05) is 87.5 Å². The van der Waals surface area contributed by atoms with Crippen LogP contribution in [0.1, 0.15) is 117 Å². The third-order valence-electron chi connectivity index (χ3n) is 16.0. The second kappa shape index (κ2) is 21.1. The van der Waals surface area contributed by atoms with E-state index < -0.39 is 30.1 Å². The molecule has 5 N–H and O–H groups in total. The van der Waals surface area contributed by atoms with Crippen LogP contribution < -0.4 is 21.3 Å². The van der Waals surface area contributed by atoms with Gasteiger partial charge in [-0.3, -0.25) is 14.4 Å². The summed E-state index contributed by atoms with van der Waals surface area (Å²) in [5.41, 5.74) is 8.03. The number of hydrogen-bond acceptors (Lipinski definition) is 10. The summed E-state index contributed by atoms with van der Waals surface area (Å²) in [6.07, 6.45) is 6.72. The van der Waals surface area contributed by atoms with Crippen LogP contribution in [-0.4, -0.2) is 88.9 Å². The van der Waals surface area contributed by atoms with Gasteiger partial charge in [-0.05, 0) is 121 Å². The fourth-order valence-corrected chi connectivity index (χ4v) is 13.8. The topological polar surface area (TPSA) is 216 Å². The van der Waals surface area contributed by atoms with E-state index in [9.17, 15) is 33.9 Å². The summed E-state index contributed by atoms with van der Waals surface area (Å²) in [7, 11) is 1.53. The number of benzene rings is 3. The molecule has 16 heteroatoms. The molecule has 16 nitrogen and oxygen atoms in total. The van der Waals surface area contributed by atoms with Crippen LogP contribution in [0.3, 0.4) is 0 Å². The number of Topliss-reactive ketones (excluding diaryl/α,β-unsaturated/α-hetero) is 1. The summed E-state index contributed by atoms with van der Waals surface area (Å²) in [5.74, 6) is -2.83. The number of ketones is 1. The second-order valence-corrected chi connectivity index (χ2v) is 22.5. The van der Waals surface area contributed by atoms with Gasteiger partial charge in [0.05, 0.1) is 30.4 Å². The number of nitrogens with one attached hydrogen (secondary N) is 4. The summed E-state index contributed by atoms with van der Waals surface area (Å²) >= 11 is 0. The zero-order chi connectivity index (χ0) is 53.3. The monoisotopic (exact) mass is 1020 g/mol. The first-order valence-corrected chi connectivity index (χ1v) is 26.0. The van der Waals surface area contributed by atoms with Crippen LogP contribution in [0.4, 0.5) is 15.3 Å². The van der Waals surface area contributed by atoms with E-state index in [1.165, 1.54) is 7.05 Å². The van der Waals surface area contributed by atoms with E-state index in [4.69, 9.17) is 14.2 Å². The number of aromatic nitrogens is 2. The third-order valence-corrected chi connectivity index (χ3v) is 16.0. The number of amides is 4. The van der Waals surface area contributed by atoms with Crippen molar-refractivity contribution in [3.63, 3.8) is 0 Å². The Labute approximate surface area is 437 Å². The lowest BCUT2D eigenvalue weighted by Crippen LogP contribution is -2.64. The normalized spacial score (nSPS) is 22.8. The highest BCUT2D eigenvalue weighted by molar-refractivity contribution is 5.97. The van der Waals surface area contributed by atoms with Gasteiger partial charge in [-0.25, -0.2) is 19.4 Å². The molecule has 4 fully saturated rings. The smallest absolute Gasteiger partial charge is 0.407 e. The van der Waals surface area contributed by atoms with Gasteiger partial charge in [0, 0.05) is 67.1 Å². The maximum Gasteiger partial charge on any atom is 0.407 e. The number of ether oxygens (including phenoxy) is 3. The quantitative estimate of drug-likeness (QED) is 0.0463. The lowest BCUT2D eigenvalue weighted by molar-refractivity contribution is -0.247.